The van der Waals surface area contributed by atoms with Crippen molar-refractivity contribution >= 4 is 17.3 Å². The first-order valence-corrected chi connectivity index (χ1v) is 9.58. The predicted octanol–water partition coefficient (Wildman–Crippen LogP) is 2.77. The summed E-state index contributed by atoms with van der Waals surface area (Å²) in [4.78, 5) is 8.89. The van der Waals surface area contributed by atoms with E-state index >= 15 is 0 Å². The minimum absolute atomic E-state index is 0.148. The van der Waals surface area contributed by atoms with Gasteiger partial charge in [0, 0.05) is 45.0 Å². The molecule has 0 spiro atoms. The maximum atomic E-state index is 13.9. The number of hydrogen-bond donors (Lipinski definition) is 2. The highest BCUT2D eigenvalue weighted by atomic mass is 19.1. The molecule has 0 bridgehead atoms. The fraction of sp³-hybridized carbons (Fsp3) is 0.381. The van der Waals surface area contributed by atoms with Gasteiger partial charge in [0.1, 0.15) is 11.6 Å². The van der Waals surface area contributed by atoms with Gasteiger partial charge in [-0.15, -0.1) is 0 Å². The normalized spacial score (nSPS) is 15.5. The smallest absolute Gasteiger partial charge is 0.193 e. The van der Waals surface area contributed by atoms with Crippen LogP contribution in [0.1, 0.15) is 6.42 Å². The molecule has 1 aliphatic rings. The molecule has 3 rings (SSSR count). The monoisotopic (exact) mass is 385 g/mol. The van der Waals surface area contributed by atoms with Crippen molar-refractivity contribution in [2.45, 2.75) is 6.42 Å². The maximum absolute atomic E-state index is 13.9. The van der Waals surface area contributed by atoms with Crippen LogP contribution in [-0.4, -0.2) is 57.2 Å². The topological polar surface area (TPSA) is 66.1 Å². The van der Waals surface area contributed by atoms with Gasteiger partial charge in [0.05, 0.1) is 12.8 Å². The van der Waals surface area contributed by atoms with Crippen LogP contribution < -0.4 is 20.7 Å². The number of guanidine groups is 1. The fourth-order valence-corrected chi connectivity index (χ4v) is 3.28. The summed E-state index contributed by atoms with van der Waals surface area (Å²) < 4.78 is 19.0. The summed E-state index contributed by atoms with van der Waals surface area (Å²) in [6, 6.07) is 14.5. The summed E-state index contributed by atoms with van der Waals surface area (Å²) >= 11 is 0. The van der Waals surface area contributed by atoms with E-state index < -0.39 is 0 Å². The Morgan fingerprint density at radius 2 is 1.82 bits per heavy atom. The molecule has 0 atom stereocenters. The van der Waals surface area contributed by atoms with Crippen molar-refractivity contribution in [2.24, 2.45) is 10.7 Å². The Labute approximate surface area is 165 Å². The van der Waals surface area contributed by atoms with Crippen LogP contribution in [0, 0.1) is 5.82 Å². The van der Waals surface area contributed by atoms with Crippen molar-refractivity contribution in [3.63, 3.8) is 0 Å². The summed E-state index contributed by atoms with van der Waals surface area (Å²) in [6.45, 7) is 5.17. The van der Waals surface area contributed by atoms with Crippen LogP contribution in [0.15, 0.2) is 53.5 Å². The maximum Gasteiger partial charge on any atom is 0.193 e. The zero-order chi connectivity index (χ0) is 19.8. The van der Waals surface area contributed by atoms with Gasteiger partial charge >= 0.3 is 0 Å². The zero-order valence-electron chi connectivity index (χ0n) is 16.3. The van der Waals surface area contributed by atoms with Crippen molar-refractivity contribution in [3.05, 3.63) is 54.3 Å². The number of methoxy groups -OCH3 is 1. The van der Waals surface area contributed by atoms with E-state index in [4.69, 9.17) is 10.5 Å². The summed E-state index contributed by atoms with van der Waals surface area (Å²) in [5, 5.41) is 3.08. The molecule has 1 heterocycles. The van der Waals surface area contributed by atoms with E-state index in [1.807, 2.05) is 36.4 Å². The third-order valence-electron chi connectivity index (χ3n) is 4.84. The molecule has 0 unspecified atom stereocenters. The van der Waals surface area contributed by atoms with Crippen LogP contribution in [-0.2, 0) is 0 Å². The zero-order valence-corrected chi connectivity index (χ0v) is 16.3. The van der Waals surface area contributed by atoms with E-state index in [1.165, 1.54) is 6.07 Å². The lowest BCUT2D eigenvalue weighted by Gasteiger charge is -2.36. The lowest BCUT2D eigenvalue weighted by atomic mass is 10.2. The number of rotatable bonds is 7. The average Bonchev–Trinajstić information content (AvgIpc) is 2.73. The van der Waals surface area contributed by atoms with Gasteiger partial charge in [-0.25, -0.2) is 4.39 Å². The number of benzene rings is 2. The van der Waals surface area contributed by atoms with Crippen molar-refractivity contribution < 1.29 is 9.13 Å². The molecule has 0 aromatic heterocycles. The quantitative estimate of drug-likeness (QED) is 0.436. The van der Waals surface area contributed by atoms with Gasteiger partial charge in [-0.2, -0.15) is 0 Å². The predicted molar refractivity (Wildman–Crippen MR) is 113 cm³/mol. The molecule has 0 saturated carbocycles. The Bertz CT molecular complexity index is 773. The molecular formula is C21H28FN5O. The molecule has 28 heavy (non-hydrogen) atoms. The molecule has 0 radical (unpaired) electrons. The minimum Gasteiger partial charge on any atom is -0.497 e. The SMILES string of the molecule is COc1ccc(NC(N)=NCCCN2CCN(c3ccccc3F)CC2)cc1. The first kappa shape index (κ1) is 19.9. The van der Waals surface area contributed by atoms with E-state index in [2.05, 4.69) is 20.1 Å². The van der Waals surface area contributed by atoms with Gasteiger partial charge in [0.15, 0.2) is 5.96 Å². The van der Waals surface area contributed by atoms with Gasteiger partial charge in [-0.1, -0.05) is 12.1 Å². The first-order valence-electron chi connectivity index (χ1n) is 9.58. The number of aliphatic imine (C=N–C) groups is 1. The van der Waals surface area contributed by atoms with Crippen molar-refractivity contribution in [3.8, 4) is 5.75 Å². The number of nitrogens with one attached hydrogen (secondary N) is 1. The second-order valence-electron chi connectivity index (χ2n) is 6.75. The lowest BCUT2D eigenvalue weighted by Crippen LogP contribution is -2.47. The number of piperazine rings is 1. The summed E-state index contributed by atoms with van der Waals surface area (Å²) in [7, 11) is 1.64. The number of nitrogens with zero attached hydrogens (tertiary/aromatic N) is 3. The van der Waals surface area contributed by atoms with Crippen LogP contribution >= 0.6 is 0 Å². The van der Waals surface area contributed by atoms with Gasteiger partial charge in [0.25, 0.3) is 0 Å². The number of ether oxygens (including phenoxy) is 1. The highest BCUT2D eigenvalue weighted by Gasteiger charge is 2.18. The van der Waals surface area contributed by atoms with E-state index in [0.717, 1.165) is 50.6 Å². The Balaban J connectivity index is 1.36. The summed E-state index contributed by atoms with van der Waals surface area (Å²) in [5.74, 6) is 1.07. The molecule has 0 aliphatic carbocycles. The number of nitrogens with two attached hydrogens (primary N) is 1. The molecule has 3 N–H and O–H groups in total. The first-order chi connectivity index (χ1) is 13.7. The number of anilines is 2. The van der Waals surface area contributed by atoms with E-state index in [-0.39, 0.29) is 5.82 Å². The number of hydrogen-bond acceptors (Lipinski definition) is 4. The molecule has 1 fully saturated rings. The van der Waals surface area contributed by atoms with Crippen LogP contribution in [0.2, 0.25) is 0 Å². The van der Waals surface area contributed by atoms with E-state index in [1.54, 1.807) is 13.2 Å². The number of halogens is 1. The summed E-state index contributed by atoms with van der Waals surface area (Å²) in [6.07, 6.45) is 0.935. The fourth-order valence-electron chi connectivity index (χ4n) is 3.28. The highest BCUT2D eigenvalue weighted by Crippen LogP contribution is 2.20. The summed E-state index contributed by atoms with van der Waals surface area (Å²) in [5.41, 5.74) is 7.52. The van der Waals surface area contributed by atoms with Gasteiger partial charge in [-0.3, -0.25) is 9.89 Å². The van der Waals surface area contributed by atoms with Gasteiger partial charge in [0.2, 0.25) is 0 Å². The lowest BCUT2D eigenvalue weighted by molar-refractivity contribution is 0.256. The number of para-hydroxylation sites is 1. The van der Waals surface area contributed by atoms with E-state index in [0.29, 0.717) is 18.2 Å². The van der Waals surface area contributed by atoms with Gasteiger partial charge in [-0.05, 0) is 42.8 Å². The molecule has 2 aromatic rings. The molecule has 7 heteroatoms. The standard InChI is InChI=1S/C21H28FN5O/c1-28-18-9-7-17(8-10-18)25-21(23)24-11-4-12-26-13-15-27(16-14-26)20-6-3-2-5-19(20)22/h2-3,5-10H,4,11-16H2,1H3,(H3,23,24,25). The highest BCUT2D eigenvalue weighted by molar-refractivity contribution is 5.92. The third-order valence-corrected chi connectivity index (χ3v) is 4.84. The molecule has 1 aliphatic heterocycles. The minimum atomic E-state index is -0.148. The van der Waals surface area contributed by atoms with Crippen LogP contribution in [0.5, 0.6) is 5.75 Å². The van der Waals surface area contributed by atoms with Crippen molar-refractivity contribution in [1.29, 1.82) is 0 Å². The van der Waals surface area contributed by atoms with Crippen molar-refractivity contribution in [2.75, 3.05) is 56.6 Å². The largest absolute Gasteiger partial charge is 0.497 e. The molecule has 0 amide bonds. The second-order valence-corrected chi connectivity index (χ2v) is 6.75. The van der Waals surface area contributed by atoms with Crippen LogP contribution in [0.3, 0.4) is 0 Å². The second kappa shape index (κ2) is 9.94. The molecule has 150 valence electrons. The Morgan fingerprint density at radius 1 is 1.11 bits per heavy atom. The van der Waals surface area contributed by atoms with E-state index in [9.17, 15) is 4.39 Å². The Morgan fingerprint density at radius 3 is 2.50 bits per heavy atom. The van der Waals surface area contributed by atoms with Crippen LogP contribution in [0.25, 0.3) is 0 Å². The van der Waals surface area contributed by atoms with Crippen LogP contribution in [0.4, 0.5) is 15.8 Å². The molecule has 1 saturated heterocycles. The Hall–Kier alpha value is -2.80. The molecule has 2 aromatic carbocycles. The van der Waals surface area contributed by atoms with Gasteiger partial charge < -0.3 is 20.7 Å². The average molecular weight is 385 g/mol. The molecular weight excluding hydrogens is 357 g/mol. The Kier molecular flexibility index (Phi) is 7.08. The third kappa shape index (κ3) is 5.60. The molecule has 6 nitrogen and oxygen atoms in total. The van der Waals surface area contributed by atoms with Crippen molar-refractivity contribution in [1.82, 2.24) is 4.90 Å².